The van der Waals surface area contributed by atoms with E-state index in [0.717, 1.165) is 29.1 Å². The number of rotatable bonds is 3. The van der Waals surface area contributed by atoms with Crippen LogP contribution in [0.4, 0.5) is 0 Å². The van der Waals surface area contributed by atoms with Crippen LogP contribution in [0.1, 0.15) is 37.8 Å². The molecule has 2 aromatic heterocycles. The molecule has 1 saturated carbocycles. The van der Waals surface area contributed by atoms with Gasteiger partial charge in [0.05, 0.1) is 17.7 Å². The van der Waals surface area contributed by atoms with Gasteiger partial charge in [0.2, 0.25) is 0 Å². The van der Waals surface area contributed by atoms with Gasteiger partial charge in [-0.3, -0.25) is 4.68 Å². The minimum atomic E-state index is 0.0708. The van der Waals surface area contributed by atoms with E-state index in [1.165, 1.54) is 0 Å². The second kappa shape index (κ2) is 4.46. The lowest BCUT2D eigenvalue weighted by atomic mass is 9.64. The van der Waals surface area contributed by atoms with E-state index < -0.39 is 0 Å². The van der Waals surface area contributed by atoms with Crippen LogP contribution in [0.25, 0.3) is 11.2 Å². The first kappa shape index (κ1) is 13.9. The molecular weight excluding hydrogens is 276 g/mol. The molecule has 2 atom stereocenters. The van der Waals surface area contributed by atoms with E-state index in [1.54, 1.807) is 7.11 Å². The number of ether oxygens (including phenoxy) is 1. The van der Waals surface area contributed by atoms with E-state index >= 15 is 0 Å². The summed E-state index contributed by atoms with van der Waals surface area (Å²) in [6.07, 6.45) is 1.27. The normalized spacial score (nSPS) is 25.1. The van der Waals surface area contributed by atoms with Crippen molar-refractivity contribution in [2.45, 2.75) is 45.2 Å². The molecule has 6 heteroatoms. The summed E-state index contributed by atoms with van der Waals surface area (Å²) in [7, 11) is 3.74. The standard InChI is InChI=1S/C14H21ClN4O/c1-8-12-13(18(4)17-8)19(11(7-15)16-12)9-6-10(20-5)14(9,2)3/h9-10H,6-7H2,1-5H3. The maximum Gasteiger partial charge on any atom is 0.158 e. The Balaban J connectivity index is 2.16. The van der Waals surface area contributed by atoms with Crippen molar-refractivity contribution in [3.63, 3.8) is 0 Å². The van der Waals surface area contributed by atoms with Crippen molar-refractivity contribution < 1.29 is 4.74 Å². The molecule has 1 aliphatic carbocycles. The van der Waals surface area contributed by atoms with Crippen LogP contribution in [0.3, 0.4) is 0 Å². The molecular formula is C14H21ClN4O. The SMILES string of the molecule is COC1CC(n2c(CCl)nc3c(C)nn(C)c32)C1(C)C. The molecule has 1 aliphatic rings. The van der Waals surface area contributed by atoms with E-state index in [9.17, 15) is 0 Å². The monoisotopic (exact) mass is 296 g/mol. The molecule has 0 aliphatic heterocycles. The van der Waals surface area contributed by atoms with Crippen molar-refractivity contribution in [2.24, 2.45) is 12.5 Å². The molecule has 0 aromatic carbocycles. The Morgan fingerprint density at radius 1 is 1.45 bits per heavy atom. The number of aromatic nitrogens is 4. The lowest BCUT2D eigenvalue weighted by Gasteiger charge is -2.51. The molecule has 2 unspecified atom stereocenters. The van der Waals surface area contributed by atoms with Crippen molar-refractivity contribution in [3.8, 4) is 0 Å². The van der Waals surface area contributed by atoms with Gasteiger partial charge < -0.3 is 9.30 Å². The predicted octanol–water partition coefficient (Wildman–Crippen LogP) is 2.80. The van der Waals surface area contributed by atoms with Crippen LogP contribution >= 0.6 is 11.6 Å². The van der Waals surface area contributed by atoms with Crippen LogP contribution in [0.15, 0.2) is 0 Å². The maximum absolute atomic E-state index is 6.11. The van der Waals surface area contributed by atoms with Gasteiger partial charge in [-0.1, -0.05) is 13.8 Å². The maximum atomic E-state index is 6.11. The lowest BCUT2D eigenvalue weighted by molar-refractivity contribution is -0.112. The highest BCUT2D eigenvalue weighted by atomic mass is 35.5. The van der Waals surface area contributed by atoms with Crippen molar-refractivity contribution in [2.75, 3.05) is 7.11 Å². The summed E-state index contributed by atoms with van der Waals surface area (Å²) in [4.78, 5) is 4.68. The minimum Gasteiger partial charge on any atom is -0.381 e. The van der Waals surface area contributed by atoms with Gasteiger partial charge in [0, 0.05) is 25.6 Å². The number of methoxy groups -OCH3 is 1. The van der Waals surface area contributed by atoms with Gasteiger partial charge in [-0.05, 0) is 13.3 Å². The molecule has 2 heterocycles. The van der Waals surface area contributed by atoms with Gasteiger partial charge in [0.15, 0.2) is 5.65 Å². The molecule has 0 saturated heterocycles. The fourth-order valence-corrected chi connectivity index (χ4v) is 3.65. The average molecular weight is 297 g/mol. The zero-order valence-corrected chi connectivity index (χ0v) is 13.4. The van der Waals surface area contributed by atoms with Gasteiger partial charge in [0.25, 0.3) is 0 Å². The van der Waals surface area contributed by atoms with Crippen LogP contribution in [-0.4, -0.2) is 32.5 Å². The summed E-state index contributed by atoms with van der Waals surface area (Å²) in [5.74, 6) is 1.34. The van der Waals surface area contributed by atoms with E-state index in [1.807, 2.05) is 18.7 Å². The van der Waals surface area contributed by atoms with Gasteiger partial charge in [0.1, 0.15) is 11.3 Å². The summed E-state index contributed by atoms with van der Waals surface area (Å²) in [5, 5.41) is 4.47. The van der Waals surface area contributed by atoms with E-state index in [2.05, 4.69) is 28.5 Å². The van der Waals surface area contributed by atoms with Gasteiger partial charge in [-0.2, -0.15) is 5.10 Å². The first-order chi connectivity index (χ1) is 9.41. The Kier molecular flexibility index (Phi) is 3.10. The highest BCUT2D eigenvalue weighted by Gasteiger charge is 2.51. The van der Waals surface area contributed by atoms with E-state index in [0.29, 0.717) is 11.9 Å². The highest BCUT2D eigenvalue weighted by Crippen LogP contribution is 2.52. The Hall–Kier alpha value is -1.07. The zero-order valence-electron chi connectivity index (χ0n) is 12.6. The molecule has 2 aromatic rings. The fraction of sp³-hybridized carbons (Fsp3) is 0.714. The van der Waals surface area contributed by atoms with Crippen molar-refractivity contribution >= 4 is 22.8 Å². The first-order valence-corrected chi connectivity index (χ1v) is 7.44. The van der Waals surface area contributed by atoms with E-state index in [4.69, 9.17) is 16.3 Å². The summed E-state index contributed by atoms with van der Waals surface area (Å²) in [5.41, 5.74) is 3.04. The summed E-state index contributed by atoms with van der Waals surface area (Å²) in [6.45, 7) is 6.46. The molecule has 20 heavy (non-hydrogen) atoms. The number of hydrogen-bond donors (Lipinski definition) is 0. The van der Waals surface area contributed by atoms with Crippen LogP contribution in [0.5, 0.6) is 0 Å². The van der Waals surface area contributed by atoms with Crippen LogP contribution in [-0.2, 0) is 17.7 Å². The van der Waals surface area contributed by atoms with Gasteiger partial charge in [-0.15, -0.1) is 11.6 Å². The van der Waals surface area contributed by atoms with Crippen molar-refractivity contribution in [1.82, 2.24) is 19.3 Å². The number of alkyl halides is 1. The largest absolute Gasteiger partial charge is 0.381 e. The summed E-state index contributed by atoms with van der Waals surface area (Å²) in [6, 6.07) is 0.348. The van der Waals surface area contributed by atoms with E-state index in [-0.39, 0.29) is 11.5 Å². The number of fused-ring (bicyclic) bond motifs is 1. The number of hydrogen-bond acceptors (Lipinski definition) is 3. The molecule has 0 N–H and O–H groups in total. The van der Waals surface area contributed by atoms with Crippen molar-refractivity contribution in [3.05, 3.63) is 11.5 Å². The third-order valence-corrected chi connectivity index (χ3v) is 4.99. The number of nitrogens with zero attached hydrogens (tertiary/aromatic N) is 4. The Morgan fingerprint density at radius 2 is 2.15 bits per heavy atom. The van der Waals surface area contributed by atoms with Crippen LogP contribution in [0.2, 0.25) is 0 Å². The number of halogens is 1. The summed E-state index contributed by atoms with van der Waals surface area (Å²) >= 11 is 6.11. The molecule has 0 radical (unpaired) electrons. The van der Waals surface area contributed by atoms with Crippen LogP contribution < -0.4 is 0 Å². The molecule has 0 amide bonds. The smallest absolute Gasteiger partial charge is 0.158 e. The third-order valence-electron chi connectivity index (χ3n) is 4.75. The molecule has 5 nitrogen and oxygen atoms in total. The minimum absolute atomic E-state index is 0.0708. The zero-order chi connectivity index (χ0) is 14.7. The van der Waals surface area contributed by atoms with Crippen molar-refractivity contribution in [1.29, 1.82) is 0 Å². The lowest BCUT2D eigenvalue weighted by Crippen LogP contribution is -2.51. The fourth-order valence-electron chi connectivity index (χ4n) is 3.47. The van der Waals surface area contributed by atoms with Gasteiger partial charge in [-0.25, -0.2) is 4.98 Å². The Labute approximate surface area is 123 Å². The predicted molar refractivity (Wildman–Crippen MR) is 79.0 cm³/mol. The molecule has 3 rings (SSSR count). The third kappa shape index (κ3) is 1.66. The number of imidazole rings is 1. The summed E-state index contributed by atoms with van der Waals surface area (Å²) < 4.78 is 9.73. The number of aryl methyl sites for hydroxylation is 2. The second-order valence-corrected chi connectivity index (χ2v) is 6.48. The Bertz CT molecular complexity index is 658. The average Bonchev–Trinajstić information content (AvgIpc) is 2.88. The van der Waals surface area contributed by atoms with Gasteiger partial charge >= 0.3 is 0 Å². The molecule has 0 bridgehead atoms. The Morgan fingerprint density at radius 3 is 2.70 bits per heavy atom. The van der Waals surface area contributed by atoms with Crippen LogP contribution in [0, 0.1) is 12.3 Å². The molecule has 0 spiro atoms. The molecule has 1 fully saturated rings. The first-order valence-electron chi connectivity index (χ1n) is 6.91. The molecule has 110 valence electrons. The quantitative estimate of drug-likeness (QED) is 0.818. The topological polar surface area (TPSA) is 44.9 Å². The highest BCUT2D eigenvalue weighted by molar-refractivity contribution is 6.16. The second-order valence-electron chi connectivity index (χ2n) is 6.21.